The zero-order valence-electron chi connectivity index (χ0n) is 22.4. The molecule has 6 nitrogen and oxygen atoms in total. The predicted molar refractivity (Wildman–Crippen MR) is 141 cm³/mol. The summed E-state index contributed by atoms with van der Waals surface area (Å²) < 4.78 is 0. The van der Waals surface area contributed by atoms with Crippen molar-refractivity contribution < 1.29 is 19.8 Å². The van der Waals surface area contributed by atoms with Crippen LogP contribution in [0, 0.1) is 35.5 Å². The van der Waals surface area contributed by atoms with Gasteiger partial charge in [-0.25, -0.2) is 4.98 Å². The molecule has 0 bridgehead atoms. The third-order valence-electron chi connectivity index (χ3n) is 8.72. The molecule has 2 fully saturated rings. The topological polar surface area (TPSA) is 99.5 Å². The number of carbonyl (C=O) groups excluding carboxylic acids is 2. The van der Waals surface area contributed by atoms with Crippen LogP contribution in [0.3, 0.4) is 0 Å². The minimum atomic E-state index is -1.14. The third-order valence-corrected chi connectivity index (χ3v) is 9.51. The lowest BCUT2D eigenvalue weighted by Crippen LogP contribution is -2.47. The molecule has 3 N–H and O–H groups in total. The van der Waals surface area contributed by atoms with Crippen LogP contribution in [0.4, 0.5) is 0 Å². The molecule has 1 saturated heterocycles. The molecule has 1 aromatic rings. The summed E-state index contributed by atoms with van der Waals surface area (Å²) >= 11 is 1.60. The Kier molecular flexibility index (Phi) is 8.65. The average Bonchev–Trinajstić information content (AvgIpc) is 3.22. The lowest BCUT2D eigenvalue weighted by molar-refractivity contribution is -0.143. The largest absolute Gasteiger partial charge is 0.392 e. The minimum Gasteiger partial charge on any atom is -0.392 e. The Morgan fingerprint density at radius 3 is 2.54 bits per heavy atom. The highest BCUT2D eigenvalue weighted by atomic mass is 32.1. The van der Waals surface area contributed by atoms with Crippen molar-refractivity contribution in [3.05, 3.63) is 21.7 Å². The fourth-order valence-corrected chi connectivity index (χ4v) is 6.25. The number of aryl methyl sites for hydroxylation is 1. The van der Waals surface area contributed by atoms with Crippen LogP contribution in [0.15, 0.2) is 11.0 Å². The van der Waals surface area contributed by atoms with Crippen molar-refractivity contribution >= 4 is 29.1 Å². The second-order valence-corrected chi connectivity index (χ2v) is 13.1. The van der Waals surface area contributed by atoms with Crippen LogP contribution in [0.25, 0.3) is 6.08 Å². The van der Waals surface area contributed by atoms with Crippen molar-refractivity contribution in [3.8, 4) is 0 Å². The van der Waals surface area contributed by atoms with E-state index in [0.717, 1.165) is 48.4 Å². The van der Waals surface area contributed by atoms with E-state index in [1.54, 1.807) is 32.1 Å². The number of aliphatic hydroxyl groups excluding tert-OH is 2. The zero-order valence-corrected chi connectivity index (χ0v) is 23.2. The van der Waals surface area contributed by atoms with Gasteiger partial charge >= 0.3 is 0 Å². The number of Topliss-reactive ketones (excluding diaryl/α,β-unsaturated/α-hetero) is 1. The van der Waals surface area contributed by atoms with E-state index in [1.165, 1.54) is 0 Å². The lowest BCUT2D eigenvalue weighted by atomic mass is 9.72. The summed E-state index contributed by atoms with van der Waals surface area (Å²) in [6.45, 7) is 13.4. The highest BCUT2D eigenvalue weighted by molar-refractivity contribution is 7.09. The van der Waals surface area contributed by atoms with Crippen LogP contribution < -0.4 is 5.32 Å². The van der Waals surface area contributed by atoms with Gasteiger partial charge in [0.05, 0.1) is 40.8 Å². The van der Waals surface area contributed by atoms with Gasteiger partial charge in [0.2, 0.25) is 5.91 Å². The quantitative estimate of drug-likeness (QED) is 0.531. The van der Waals surface area contributed by atoms with Gasteiger partial charge in [-0.05, 0) is 68.4 Å². The number of fused-ring (bicyclic) bond motifs is 1. The number of aromatic nitrogens is 1. The van der Waals surface area contributed by atoms with Crippen molar-refractivity contribution in [2.45, 2.75) is 105 Å². The smallest absolute Gasteiger partial charge is 0.223 e. The molecule has 0 radical (unpaired) electrons. The average molecular weight is 505 g/mol. The van der Waals surface area contributed by atoms with Crippen LogP contribution in [0.2, 0.25) is 0 Å². The molecule has 196 valence electrons. The van der Waals surface area contributed by atoms with Gasteiger partial charge < -0.3 is 15.5 Å². The molecule has 1 aliphatic heterocycles. The maximum Gasteiger partial charge on any atom is 0.223 e. The number of amides is 1. The number of aliphatic hydroxyl groups is 2. The molecular weight excluding hydrogens is 460 g/mol. The molecule has 2 heterocycles. The highest BCUT2D eigenvalue weighted by Crippen LogP contribution is 2.58. The first-order chi connectivity index (χ1) is 16.2. The first-order valence-corrected chi connectivity index (χ1v) is 13.9. The minimum absolute atomic E-state index is 0.00149. The molecule has 1 saturated carbocycles. The summed E-state index contributed by atoms with van der Waals surface area (Å²) in [6, 6.07) is -0.144. The van der Waals surface area contributed by atoms with E-state index in [1.807, 2.05) is 32.2 Å². The van der Waals surface area contributed by atoms with Crippen LogP contribution in [0.1, 0.15) is 90.8 Å². The summed E-state index contributed by atoms with van der Waals surface area (Å²) in [7, 11) is 0. The Morgan fingerprint density at radius 2 is 1.91 bits per heavy atom. The lowest BCUT2D eigenvalue weighted by Gasteiger charge is -2.35. The maximum atomic E-state index is 13.3. The second kappa shape index (κ2) is 10.8. The van der Waals surface area contributed by atoms with E-state index in [9.17, 15) is 19.8 Å². The van der Waals surface area contributed by atoms with Crippen LogP contribution in [0.5, 0.6) is 0 Å². The molecule has 1 aliphatic carbocycles. The Labute approximate surface area is 214 Å². The number of rotatable bonds is 2. The molecule has 3 rings (SSSR count). The van der Waals surface area contributed by atoms with Crippen molar-refractivity contribution in [2.24, 2.45) is 28.6 Å². The van der Waals surface area contributed by atoms with Crippen LogP contribution >= 0.6 is 11.3 Å². The molecule has 7 atom stereocenters. The van der Waals surface area contributed by atoms with E-state index in [0.29, 0.717) is 5.92 Å². The summed E-state index contributed by atoms with van der Waals surface area (Å²) in [5.74, 6) is -0.553. The fourth-order valence-electron chi connectivity index (χ4n) is 5.68. The molecule has 35 heavy (non-hydrogen) atoms. The number of nitrogens with one attached hydrogen (secondary N) is 1. The van der Waals surface area contributed by atoms with Gasteiger partial charge in [-0.2, -0.15) is 0 Å². The SMILES string of the molecule is C/C(=C\c1csc(C)n1)C1CC2CC2(C)CCCC(C)C(O)C(C)C(=O)C(C)(C)C(O)CC(=O)N1. The van der Waals surface area contributed by atoms with E-state index < -0.39 is 23.5 Å². The number of carbonyl (C=O) groups is 2. The molecule has 0 spiro atoms. The van der Waals surface area contributed by atoms with Gasteiger partial charge in [0, 0.05) is 11.3 Å². The number of nitrogens with zero attached hydrogens (tertiary/aromatic N) is 1. The number of ketones is 1. The highest BCUT2D eigenvalue weighted by Gasteiger charge is 2.50. The molecule has 2 aliphatic rings. The maximum absolute atomic E-state index is 13.3. The van der Waals surface area contributed by atoms with Crippen LogP contribution in [-0.4, -0.2) is 45.1 Å². The van der Waals surface area contributed by atoms with Gasteiger partial charge in [0.25, 0.3) is 0 Å². The van der Waals surface area contributed by atoms with Crippen molar-refractivity contribution in [2.75, 3.05) is 0 Å². The van der Waals surface area contributed by atoms with E-state index in [2.05, 4.69) is 17.2 Å². The van der Waals surface area contributed by atoms with Gasteiger partial charge in [-0.3, -0.25) is 9.59 Å². The van der Waals surface area contributed by atoms with Gasteiger partial charge in [0.15, 0.2) is 0 Å². The van der Waals surface area contributed by atoms with Crippen molar-refractivity contribution in [1.29, 1.82) is 0 Å². The number of hydrogen-bond acceptors (Lipinski definition) is 6. The predicted octanol–water partition coefficient (Wildman–Crippen LogP) is 4.92. The Balaban J connectivity index is 1.85. The summed E-state index contributed by atoms with van der Waals surface area (Å²) in [4.78, 5) is 30.9. The fraction of sp³-hybridized carbons (Fsp3) is 0.750. The molecular formula is C28H44N2O4S. The third kappa shape index (κ3) is 6.60. The van der Waals surface area contributed by atoms with Crippen molar-refractivity contribution in [1.82, 2.24) is 10.3 Å². The first-order valence-electron chi connectivity index (χ1n) is 13.0. The molecule has 1 amide bonds. The standard InChI is InChI=1S/C28H44N2O4S/c1-16-9-8-10-28(7)14-20(28)12-22(17(2)11-21-15-35-19(4)29-21)30-24(32)13-23(31)27(5,6)26(34)18(3)25(16)33/h11,15-16,18,20,22-23,25,31,33H,8-10,12-14H2,1-7H3,(H,30,32)/b17-11+. The van der Waals surface area contributed by atoms with E-state index in [4.69, 9.17) is 0 Å². The van der Waals surface area contributed by atoms with Gasteiger partial charge in [0.1, 0.15) is 5.78 Å². The Hall–Kier alpha value is -1.57. The van der Waals surface area contributed by atoms with E-state index >= 15 is 0 Å². The summed E-state index contributed by atoms with van der Waals surface area (Å²) in [6.07, 6.45) is 4.92. The zero-order chi connectivity index (χ0) is 26.1. The van der Waals surface area contributed by atoms with Crippen molar-refractivity contribution in [3.63, 3.8) is 0 Å². The van der Waals surface area contributed by atoms with Gasteiger partial charge in [-0.15, -0.1) is 11.3 Å². The number of thiazole rings is 1. The molecule has 7 unspecified atom stereocenters. The second-order valence-electron chi connectivity index (χ2n) is 12.0. The Bertz CT molecular complexity index is 955. The van der Waals surface area contributed by atoms with Gasteiger partial charge in [-0.1, -0.05) is 41.0 Å². The summed E-state index contributed by atoms with van der Waals surface area (Å²) in [5, 5.41) is 28.0. The number of hydrogen-bond donors (Lipinski definition) is 3. The van der Waals surface area contributed by atoms with Crippen LogP contribution in [-0.2, 0) is 9.59 Å². The first kappa shape index (κ1) is 28.0. The molecule has 0 aromatic carbocycles. The van der Waals surface area contributed by atoms with E-state index in [-0.39, 0.29) is 35.5 Å². The monoisotopic (exact) mass is 504 g/mol. The summed E-state index contributed by atoms with van der Waals surface area (Å²) in [5.41, 5.74) is 1.06. The Morgan fingerprint density at radius 1 is 1.23 bits per heavy atom. The molecule has 7 heteroatoms. The normalized spacial score (nSPS) is 37.5. The molecule has 1 aromatic heterocycles.